The second kappa shape index (κ2) is 4.97. The fourth-order valence-electron chi connectivity index (χ4n) is 2.29. The number of sulfonamides is 1. The van der Waals surface area contributed by atoms with Crippen LogP contribution in [0.2, 0.25) is 0 Å². The van der Waals surface area contributed by atoms with Crippen molar-refractivity contribution < 1.29 is 12.8 Å². The topological polar surface area (TPSA) is 37.4 Å². The maximum atomic E-state index is 13.2. The van der Waals surface area contributed by atoms with Gasteiger partial charge in [0.25, 0.3) is 0 Å². The average Bonchev–Trinajstić information content (AvgIpc) is 2.32. The molecule has 0 spiro atoms. The van der Waals surface area contributed by atoms with Crippen molar-refractivity contribution in [2.45, 2.75) is 31.6 Å². The first-order valence-electron chi connectivity index (χ1n) is 6.17. The molecule has 1 aromatic rings. The predicted molar refractivity (Wildman–Crippen MR) is 68.3 cm³/mol. The number of hydrogen-bond acceptors (Lipinski definition) is 2. The Morgan fingerprint density at radius 3 is 2.72 bits per heavy atom. The lowest BCUT2D eigenvalue weighted by Crippen LogP contribution is -2.39. The van der Waals surface area contributed by atoms with Crippen LogP contribution in [-0.2, 0) is 10.0 Å². The zero-order valence-electron chi connectivity index (χ0n) is 10.7. The van der Waals surface area contributed by atoms with Crippen molar-refractivity contribution >= 4 is 10.0 Å². The highest BCUT2D eigenvalue weighted by Gasteiger charge is 2.28. The van der Waals surface area contributed by atoms with Crippen LogP contribution < -0.4 is 0 Å². The zero-order chi connectivity index (χ0) is 13.3. The van der Waals surface area contributed by atoms with Crippen molar-refractivity contribution in [1.29, 1.82) is 0 Å². The van der Waals surface area contributed by atoms with E-state index in [1.807, 2.05) is 0 Å². The lowest BCUT2D eigenvalue weighted by Gasteiger charge is -2.30. The molecule has 1 aliphatic heterocycles. The highest BCUT2D eigenvalue weighted by atomic mass is 32.2. The molecule has 0 aliphatic carbocycles. The van der Waals surface area contributed by atoms with Crippen molar-refractivity contribution in [3.8, 4) is 0 Å². The zero-order valence-corrected chi connectivity index (χ0v) is 11.5. The van der Waals surface area contributed by atoms with E-state index in [4.69, 9.17) is 0 Å². The average molecular weight is 271 g/mol. The summed E-state index contributed by atoms with van der Waals surface area (Å²) in [7, 11) is -3.47. The summed E-state index contributed by atoms with van der Waals surface area (Å²) in [6.45, 7) is 4.74. The number of hydrogen-bond donors (Lipinski definition) is 0. The summed E-state index contributed by atoms with van der Waals surface area (Å²) in [6, 6.07) is 3.97. The van der Waals surface area contributed by atoms with Crippen molar-refractivity contribution in [2.24, 2.45) is 5.92 Å². The molecule has 1 heterocycles. The van der Waals surface area contributed by atoms with Crippen LogP contribution in [0.5, 0.6) is 0 Å². The number of rotatable bonds is 2. The molecule has 0 saturated carbocycles. The molecule has 0 N–H and O–H groups in total. The Balaban J connectivity index is 2.32. The molecule has 0 radical (unpaired) electrons. The van der Waals surface area contributed by atoms with Crippen molar-refractivity contribution in [3.63, 3.8) is 0 Å². The van der Waals surface area contributed by atoms with E-state index >= 15 is 0 Å². The normalized spacial score (nSPS) is 22.1. The lowest BCUT2D eigenvalue weighted by molar-refractivity contribution is 0.281. The Kier molecular flexibility index (Phi) is 3.73. The summed E-state index contributed by atoms with van der Waals surface area (Å²) < 4.78 is 39.5. The first-order chi connectivity index (χ1) is 8.41. The molecule has 1 unspecified atom stereocenters. The van der Waals surface area contributed by atoms with E-state index < -0.39 is 10.0 Å². The third kappa shape index (κ3) is 2.57. The Hall–Kier alpha value is -0.940. The second-order valence-electron chi connectivity index (χ2n) is 5.02. The second-order valence-corrected chi connectivity index (χ2v) is 6.96. The van der Waals surface area contributed by atoms with Crippen LogP contribution in [0.15, 0.2) is 23.1 Å². The van der Waals surface area contributed by atoms with Gasteiger partial charge in [0, 0.05) is 13.1 Å². The van der Waals surface area contributed by atoms with Crippen LogP contribution in [0.25, 0.3) is 0 Å². The van der Waals surface area contributed by atoms with Crippen LogP contribution in [0.1, 0.15) is 25.3 Å². The summed E-state index contributed by atoms with van der Waals surface area (Å²) in [6.07, 6.45) is 1.95. The molecule has 1 aliphatic rings. The highest BCUT2D eigenvalue weighted by Crippen LogP contribution is 2.24. The third-order valence-corrected chi connectivity index (χ3v) is 5.25. The van der Waals surface area contributed by atoms with E-state index in [0.717, 1.165) is 12.8 Å². The van der Waals surface area contributed by atoms with E-state index in [1.54, 1.807) is 6.92 Å². The van der Waals surface area contributed by atoms with Crippen LogP contribution in [0.4, 0.5) is 4.39 Å². The maximum Gasteiger partial charge on any atom is 0.243 e. The molecule has 100 valence electrons. The predicted octanol–water partition coefficient (Wildman–Crippen LogP) is 2.55. The van der Waals surface area contributed by atoms with Crippen molar-refractivity contribution in [2.75, 3.05) is 13.1 Å². The van der Waals surface area contributed by atoms with E-state index in [-0.39, 0.29) is 10.7 Å². The molecule has 1 atom stereocenters. The lowest BCUT2D eigenvalue weighted by atomic mass is 10.0. The standard InChI is InChI=1S/C13H18FNO2S/c1-10-4-3-7-15(9-10)18(16,17)12-5-6-13(14)11(2)8-12/h5-6,8,10H,3-4,7,9H2,1-2H3. The number of benzene rings is 1. The maximum absolute atomic E-state index is 13.2. The van der Waals surface area contributed by atoms with Gasteiger partial charge in [-0.05, 0) is 49.4 Å². The minimum atomic E-state index is -3.47. The largest absolute Gasteiger partial charge is 0.243 e. The molecule has 18 heavy (non-hydrogen) atoms. The molecule has 2 rings (SSSR count). The summed E-state index contributed by atoms with van der Waals surface area (Å²) in [5.74, 6) is 0.0102. The first kappa shape index (κ1) is 13.5. The highest BCUT2D eigenvalue weighted by molar-refractivity contribution is 7.89. The van der Waals surface area contributed by atoms with Gasteiger partial charge in [-0.25, -0.2) is 12.8 Å². The Labute approximate surface area is 108 Å². The van der Waals surface area contributed by atoms with Crippen molar-refractivity contribution in [3.05, 3.63) is 29.6 Å². The summed E-state index contributed by atoms with van der Waals surface area (Å²) in [5, 5.41) is 0. The van der Waals surface area contributed by atoms with E-state index in [1.165, 1.54) is 22.5 Å². The molecule has 0 bridgehead atoms. The number of aryl methyl sites for hydroxylation is 1. The van der Waals surface area contributed by atoms with Gasteiger partial charge in [-0.2, -0.15) is 4.31 Å². The molecular weight excluding hydrogens is 253 g/mol. The fourth-order valence-corrected chi connectivity index (χ4v) is 3.98. The van der Waals surface area contributed by atoms with Crippen LogP contribution in [0.3, 0.4) is 0 Å². The Morgan fingerprint density at radius 2 is 2.11 bits per heavy atom. The number of halogens is 1. The molecule has 1 aromatic carbocycles. The van der Waals surface area contributed by atoms with Gasteiger partial charge in [-0.3, -0.25) is 0 Å². The van der Waals surface area contributed by atoms with Gasteiger partial charge in [-0.15, -0.1) is 0 Å². The SMILES string of the molecule is Cc1cc(S(=O)(=O)N2CCCC(C)C2)ccc1F. The van der Waals surface area contributed by atoms with E-state index in [2.05, 4.69) is 6.92 Å². The minimum absolute atomic E-state index is 0.190. The monoisotopic (exact) mass is 271 g/mol. The number of nitrogens with zero attached hydrogens (tertiary/aromatic N) is 1. The molecule has 0 aromatic heterocycles. The summed E-state index contributed by atoms with van der Waals surface area (Å²) in [4.78, 5) is 0.190. The van der Waals surface area contributed by atoms with Gasteiger partial charge in [0.2, 0.25) is 10.0 Å². The van der Waals surface area contributed by atoms with Crippen LogP contribution >= 0.6 is 0 Å². The van der Waals surface area contributed by atoms with Gasteiger partial charge in [0.1, 0.15) is 5.82 Å². The number of piperidine rings is 1. The fraction of sp³-hybridized carbons (Fsp3) is 0.538. The van der Waals surface area contributed by atoms with Gasteiger partial charge < -0.3 is 0 Å². The minimum Gasteiger partial charge on any atom is -0.207 e. The molecule has 1 saturated heterocycles. The summed E-state index contributed by atoms with van der Waals surface area (Å²) >= 11 is 0. The smallest absolute Gasteiger partial charge is 0.207 e. The van der Waals surface area contributed by atoms with Gasteiger partial charge in [-0.1, -0.05) is 6.92 Å². The van der Waals surface area contributed by atoms with Crippen LogP contribution in [0, 0.1) is 18.7 Å². The molecular formula is C13H18FNO2S. The summed E-state index contributed by atoms with van der Waals surface area (Å²) in [5.41, 5.74) is 0.362. The molecule has 3 nitrogen and oxygen atoms in total. The Morgan fingerprint density at radius 1 is 1.39 bits per heavy atom. The van der Waals surface area contributed by atoms with Crippen molar-refractivity contribution in [1.82, 2.24) is 4.31 Å². The van der Waals surface area contributed by atoms with E-state index in [9.17, 15) is 12.8 Å². The Bertz CT molecular complexity index is 542. The third-order valence-electron chi connectivity index (χ3n) is 3.39. The van der Waals surface area contributed by atoms with E-state index in [0.29, 0.717) is 24.6 Å². The van der Waals surface area contributed by atoms with Gasteiger partial charge >= 0.3 is 0 Å². The van der Waals surface area contributed by atoms with Gasteiger partial charge in [0.15, 0.2) is 0 Å². The first-order valence-corrected chi connectivity index (χ1v) is 7.61. The molecule has 5 heteroatoms. The quantitative estimate of drug-likeness (QED) is 0.829. The molecule has 1 fully saturated rings. The molecule has 0 amide bonds. The van der Waals surface area contributed by atoms with Crippen LogP contribution in [-0.4, -0.2) is 25.8 Å². The van der Waals surface area contributed by atoms with Gasteiger partial charge in [0.05, 0.1) is 4.90 Å².